The zero-order chi connectivity index (χ0) is 26.3. The number of hydrogen-bond donors (Lipinski definition) is 0. The molecule has 4 heteroatoms. The third-order valence-corrected chi connectivity index (χ3v) is 10.1. The summed E-state index contributed by atoms with van der Waals surface area (Å²) in [7, 11) is 0. The molecule has 198 valence electrons. The zero-order valence-corrected chi connectivity index (χ0v) is 24.4. The van der Waals surface area contributed by atoms with Crippen LogP contribution in [0.2, 0.25) is 0 Å². The molecule has 0 amide bonds. The summed E-state index contributed by atoms with van der Waals surface area (Å²) in [5.74, 6) is 0. The Morgan fingerprint density at radius 2 is 0.590 bits per heavy atom. The van der Waals surface area contributed by atoms with Gasteiger partial charge in [-0.25, -0.2) is 0 Å². The van der Waals surface area contributed by atoms with E-state index in [1.807, 2.05) is 23.5 Å². The molecule has 2 heterocycles. The molecule has 0 saturated carbocycles. The van der Waals surface area contributed by atoms with E-state index in [0.717, 1.165) is 13.1 Å². The van der Waals surface area contributed by atoms with Crippen LogP contribution in [0.4, 0.5) is 22.7 Å². The molecule has 0 spiro atoms. The summed E-state index contributed by atoms with van der Waals surface area (Å²) in [5, 5.41) is 0. The van der Waals surface area contributed by atoms with Crippen molar-refractivity contribution in [2.24, 2.45) is 0 Å². The lowest BCUT2D eigenvalue weighted by Gasteiger charge is -2.21. The molecule has 2 radical (unpaired) electrons. The number of rotatable bonds is 12. The number of para-hydroxylation sites is 4. The van der Waals surface area contributed by atoms with Crippen molar-refractivity contribution in [3.8, 4) is 0 Å². The van der Waals surface area contributed by atoms with Crippen LogP contribution in [0.1, 0.15) is 57.8 Å². The first-order valence-corrected chi connectivity index (χ1v) is 16.3. The number of nitrogens with zero attached hydrogens (tertiary/aromatic N) is 2. The Morgan fingerprint density at radius 1 is 0.333 bits per heavy atom. The largest absolute Gasteiger partial charge is 0.200 e. The van der Waals surface area contributed by atoms with Crippen molar-refractivity contribution >= 4 is 46.3 Å². The highest BCUT2D eigenvalue weighted by Gasteiger charge is 2.34. The van der Waals surface area contributed by atoms with Gasteiger partial charge in [0.05, 0.1) is 19.6 Å². The minimum Gasteiger partial charge on any atom is -0.0952 e. The van der Waals surface area contributed by atoms with Gasteiger partial charge in [-0.2, -0.15) is 0 Å². The Labute approximate surface area is 242 Å². The maximum absolute atomic E-state index is 2.54. The molecule has 0 N–H and O–H groups in total. The van der Waals surface area contributed by atoms with Gasteiger partial charge in [-0.1, -0.05) is 114 Å². The van der Waals surface area contributed by atoms with Gasteiger partial charge in [-0.05, 0) is 37.1 Å². The summed E-state index contributed by atoms with van der Waals surface area (Å²) < 4.78 is 0. The lowest BCUT2D eigenvalue weighted by molar-refractivity contribution is 0.526. The Hall–Kier alpha value is -2.50. The predicted octanol–water partition coefficient (Wildman–Crippen LogP) is 11.0. The molecule has 4 aromatic rings. The molecule has 0 unspecified atom stereocenters. The summed E-state index contributed by atoms with van der Waals surface area (Å²) >= 11 is 3.80. The maximum Gasteiger partial charge on any atom is 0.200 e. The van der Waals surface area contributed by atoms with Gasteiger partial charge >= 0.3 is 0 Å². The number of hydrogen-bond acceptors (Lipinski definition) is 4. The van der Waals surface area contributed by atoms with E-state index in [-0.39, 0.29) is 0 Å². The second-order valence-corrected chi connectivity index (χ2v) is 12.7. The van der Waals surface area contributed by atoms with Gasteiger partial charge < -0.3 is 0 Å². The lowest BCUT2D eigenvalue weighted by Crippen LogP contribution is -2.23. The molecule has 4 aromatic carbocycles. The normalized spacial score (nSPS) is 14.4. The molecule has 0 aromatic heterocycles. The fourth-order valence-corrected chi connectivity index (χ4v) is 8.01. The molecule has 0 saturated heterocycles. The summed E-state index contributed by atoms with van der Waals surface area (Å²) in [6, 6.07) is 35.4. The average Bonchev–Trinajstić information content (AvgIpc) is 2.98. The van der Waals surface area contributed by atoms with Crippen molar-refractivity contribution in [3.63, 3.8) is 0 Å². The number of benzene rings is 4. The lowest BCUT2D eigenvalue weighted by atomic mass is 10.1. The highest BCUT2D eigenvalue weighted by atomic mass is 32.2. The number of unbranched alkanes of at least 4 members (excludes halogenated alkanes) is 8. The smallest absolute Gasteiger partial charge is 0.0952 e. The molecule has 6 rings (SSSR count). The van der Waals surface area contributed by atoms with Crippen LogP contribution >= 0.6 is 23.5 Å². The van der Waals surface area contributed by atoms with Crippen LogP contribution in [0.15, 0.2) is 117 Å². The highest BCUT2D eigenvalue weighted by Crippen LogP contribution is 2.48. The highest BCUT2D eigenvalue weighted by molar-refractivity contribution is 8.00. The molecule has 0 atom stereocenters. The second kappa shape index (κ2) is 13.2. The minimum atomic E-state index is 1.11. The standard InChI is InChI=1S/C35H38N2S2/c1(2-4-6-16-26-36-28-18-8-12-22-32(28)38-33-23-13-9-19-29(33)36)3-5-7-17-27-37-30-20-10-14-24-34(30)39-35-25-15-11-21-31(35)37/h8-15,18-25H,1-7,16-17,26-27H2/q+2. The van der Waals surface area contributed by atoms with E-state index in [9.17, 15) is 0 Å². The fourth-order valence-electron chi connectivity index (χ4n) is 5.82. The fraction of sp³-hybridized carbons (Fsp3) is 0.314. The van der Waals surface area contributed by atoms with Gasteiger partial charge in [0.25, 0.3) is 0 Å². The van der Waals surface area contributed by atoms with Crippen LogP contribution < -0.4 is 9.80 Å². The molecule has 2 aliphatic rings. The third kappa shape index (κ3) is 6.30. The van der Waals surface area contributed by atoms with Crippen LogP contribution in [0, 0.1) is 0 Å². The van der Waals surface area contributed by atoms with E-state index in [1.54, 1.807) is 0 Å². The molecule has 2 aliphatic heterocycles. The Bertz CT molecular complexity index is 1190. The topological polar surface area (TPSA) is 11.8 Å². The number of anilines is 4. The van der Waals surface area contributed by atoms with Crippen LogP contribution in [0.25, 0.3) is 0 Å². The van der Waals surface area contributed by atoms with Gasteiger partial charge in [0.1, 0.15) is 13.1 Å². The van der Waals surface area contributed by atoms with Crippen LogP contribution in [-0.2, 0) is 0 Å². The van der Waals surface area contributed by atoms with Crippen LogP contribution in [0.3, 0.4) is 0 Å². The molecule has 2 nitrogen and oxygen atoms in total. The molecule has 0 fully saturated rings. The Morgan fingerprint density at radius 3 is 0.897 bits per heavy atom. The van der Waals surface area contributed by atoms with Crippen molar-refractivity contribution < 1.29 is 0 Å². The Kier molecular flexibility index (Phi) is 9.06. The van der Waals surface area contributed by atoms with Crippen LogP contribution in [-0.4, -0.2) is 13.1 Å². The quantitative estimate of drug-likeness (QED) is 0.128. The molecule has 39 heavy (non-hydrogen) atoms. The van der Waals surface area contributed by atoms with Gasteiger partial charge in [-0.15, -0.1) is 0 Å². The van der Waals surface area contributed by atoms with E-state index in [2.05, 4.69) is 107 Å². The molecular weight excluding hydrogens is 513 g/mol. The van der Waals surface area contributed by atoms with Gasteiger partial charge in [0, 0.05) is 37.1 Å². The third-order valence-electron chi connectivity index (χ3n) is 7.83. The SMILES string of the molecule is c1ccc2c(c1)Sc1ccccc1[N+]2CCCCCCCCCCC[N+]1c2ccccc2Sc2ccccc21. The molecule has 0 aliphatic carbocycles. The molecular formula is C35H38N2S2+2. The van der Waals surface area contributed by atoms with Crippen molar-refractivity contribution in [2.75, 3.05) is 13.1 Å². The van der Waals surface area contributed by atoms with E-state index < -0.39 is 0 Å². The first-order valence-electron chi connectivity index (χ1n) is 14.7. The summed E-state index contributed by atoms with van der Waals surface area (Å²) in [5.41, 5.74) is 5.49. The Balaban J connectivity index is 0.886. The van der Waals surface area contributed by atoms with Gasteiger partial charge in [0.2, 0.25) is 22.7 Å². The van der Waals surface area contributed by atoms with Gasteiger partial charge in [-0.3, -0.25) is 0 Å². The first-order chi connectivity index (χ1) is 19.4. The van der Waals surface area contributed by atoms with Gasteiger partial charge in [0.15, 0.2) is 0 Å². The van der Waals surface area contributed by atoms with E-state index >= 15 is 0 Å². The van der Waals surface area contributed by atoms with Crippen molar-refractivity contribution in [3.05, 3.63) is 97.1 Å². The van der Waals surface area contributed by atoms with E-state index in [4.69, 9.17) is 0 Å². The van der Waals surface area contributed by atoms with Crippen LogP contribution in [0.5, 0.6) is 0 Å². The monoisotopic (exact) mass is 550 g/mol. The maximum atomic E-state index is 2.54. The average molecular weight is 551 g/mol. The predicted molar refractivity (Wildman–Crippen MR) is 168 cm³/mol. The first kappa shape index (κ1) is 26.7. The summed E-state index contributed by atoms with van der Waals surface area (Å²) in [4.78, 5) is 10.6. The minimum absolute atomic E-state index is 1.11. The van der Waals surface area contributed by atoms with Crippen molar-refractivity contribution in [1.29, 1.82) is 0 Å². The molecule has 0 bridgehead atoms. The zero-order valence-electron chi connectivity index (χ0n) is 22.7. The second-order valence-electron chi connectivity index (χ2n) is 10.6. The summed E-state index contributed by atoms with van der Waals surface area (Å²) in [6.45, 7) is 2.21. The van der Waals surface area contributed by atoms with E-state index in [0.29, 0.717) is 0 Å². The number of fused-ring (bicyclic) bond motifs is 4. The van der Waals surface area contributed by atoms with Crippen molar-refractivity contribution in [1.82, 2.24) is 9.80 Å². The van der Waals surface area contributed by atoms with Crippen molar-refractivity contribution in [2.45, 2.75) is 77.4 Å². The van der Waals surface area contributed by atoms with E-state index in [1.165, 1.54) is 100 Å². The summed E-state index contributed by atoms with van der Waals surface area (Å²) in [6.07, 6.45) is 12.0.